The van der Waals surface area contributed by atoms with Crippen molar-refractivity contribution in [3.8, 4) is 11.5 Å². The van der Waals surface area contributed by atoms with Crippen LogP contribution in [0.25, 0.3) is 0 Å². The van der Waals surface area contributed by atoms with Crippen molar-refractivity contribution in [1.29, 1.82) is 0 Å². The molecule has 0 atom stereocenters. The van der Waals surface area contributed by atoms with Gasteiger partial charge in [-0.05, 0) is 78.9 Å². The number of nitrogens with one attached hydrogen (secondary N) is 2. The molecule has 2 amide bonds. The van der Waals surface area contributed by atoms with Gasteiger partial charge in [0.05, 0.1) is 10.7 Å². The second kappa shape index (κ2) is 13.8. The smallest absolute Gasteiger partial charge is 0.306 e. The molecule has 200 valence electrons. The highest BCUT2D eigenvalue weighted by molar-refractivity contribution is 6.35. The van der Waals surface area contributed by atoms with E-state index >= 15 is 0 Å². The van der Waals surface area contributed by atoms with Crippen LogP contribution < -0.4 is 15.4 Å². The Morgan fingerprint density at radius 2 is 1.61 bits per heavy atom. The largest absolute Gasteiger partial charge is 0.457 e. The first-order chi connectivity index (χ1) is 18.1. The number of aryl methyl sites for hydroxylation is 1. The van der Waals surface area contributed by atoms with Crippen molar-refractivity contribution < 1.29 is 23.9 Å². The van der Waals surface area contributed by atoms with Gasteiger partial charge in [-0.15, -0.1) is 0 Å². The van der Waals surface area contributed by atoms with E-state index in [0.717, 1.165) is 16.9 Å². The summed E-state index contributed by atoms with van der Waals surface area (Å²) in [6, 6.07) is 17.9. The number of esters is 1. The van der Waals surface area contributed by atoms with Gasteiger partial charge in [0.15, 0.2) is 6.61 Å². The molecule has 9 heteroatoms. The summed E-state index contributed by atoms with van der Waals surface area (Å²) in [5.41, 5.74) is 3.18. The summed E-state index contributed by atoms with van der Waals surface area (Å²) in [5.74, 6) is 0.445. The fourth-order valence-corrected chi connectivity index (χ4v) is 3.89. The Hall–Kier alpha value is -3.55. The van der Waals surface area contributed by atoms with Gasteiger partial charge in [0.25, 0.3) is 5.91 Å². The minimum Gasteiger partial charge on any atom is -0.457 e. The molecule has 0 bridgehead atoms. The fourth-order valence-electron chi connectivity index (χ4n) is 3.55. The first kappa shape index (κ1) is 29.0. The van der Waals surface area contributed by atoms with Crippen LogP contribution in [0.3, 0.4) is 0 Å². The van der Waals surface area contributed by atoms with Crippen molar-refractivity contribution in [2.24, 2.45) is 0 Å². The molecule has 0 spiro atoms. The molecule has 3 aromatic rings. The average molecular weight is 557 g/mol. The Balaban J connectivity index is 1.38. The second-order valence-electron chi connectivity index (χ2n) is 9.06. The number of amides is 2. The maximum absolute atomic E-state index is 12.3. The standard InChI is InChI=1S/C29H30Cl2N2O5/c1-18(2)23-13-7-19(3)15-26(23)38-22-11-9-21(10-12-22)32-27(34)5-4-6-29(36)37-17-28(35)33-25-16-20(30)8-14-24(25)31/h7-16,18H,4-6,17H2,1-3H3,(H,32,34)(H,33,35). The Labute approximate surface area is 232 Å². The summed E-state index contributed by atoms with van der Waals surface area (Å²) in [5, 5.41) is 6.05. The molecule has 0 radical (unpaired) electrons. The Morgan fingerprint density at radius 3 is 2.32 bits per heavy atom. The number of hydrogen-bond acceptors (Lipinski definition) is 5. The van der Waals surface area contributed by atoms with Crippen LogP contribution in [0.4, 0.5) is 11.4 Å². The van der Waals surface area contributed by atoms with E-state index < -0.39 is 18.5 Å². The average Bonchev–Trinajstić information content (AvgIpc) is 2.86. The van der Waals surface area contributed by atoms with E-state index in [-0.39, 0.29) is 25.2 Å². The Kier molecular flexibility index (Phi) is 10.6. The summed E-state index contributed by atoms with van der Waals surface area (Å²) in [7, 11) is 0. The Morgan fingerprint density at radius 1 is 0.868 bits per heavy atom. The maximum atomic E-state index is 12.3. The topological polar surface area (TPSA) is 93.7 Å². The van der Waals surface area contributed by atoms with Crippen LogP contribution in [-0.2, 0) is 19.1 Å². The van der Waals surface area contributed by atoms with Crippen LogP contribution in [-0.4, -0.2) is 24.4 Å². The predicted molar refractivity (Wildman–Crippen MR) is 150 cm³/mol. The number of carbonyl (C=O) groups excluding carboxylic acids is 3. The third-order valence-electron chi connectivity index (χ3n) is 5.51. The third-order valence-corrected chi connectivity index (χ3v) is 6.07. The van der Waals surface area contributed by atoms with Gasteiger partial charge in [-0.1, -0.05) is 49.2 Å². The molecule has 0 aliphatic rings. The minimum absolute atomic E-state index is 0.0000755. The second-order valence-corrected chi connectivity index (χ2v) is 9.90. The van der Waals surface area contributed by atoms with Gasteiger partial charge in [-0.25, -0.2) is 0 Å². The van der Waals surface area contributed by atoms with Gasteiger partial charge in [0.1, 0.15) is 11.5 Å². The van der Waals surface area contributed by atoms with Crippen LogP contribution in [0, 0.1) is 6.92 Å². The van der Waals surface area contributed by atoms with Crippen molar-refractivity contribution >= 4 is 52.4 Å². The van der Waals surface area contributed by atoms with Crippen LogP contribution in [0.15, 0.2) is 60.7 Å². The number of rotatable bonds is 11. The molecule has 0 aliphatic heterocycles. The van der Waals surface area contributed by atoms with E-state index in [0.29, 0.717) is 33.1 Å². The molecule has 0 fully saturated rings. The lowest BCUT2D eigenvalue weighted by Crippen LogP contribution is -2.21. The molecule has 38 heavy (non-hydrogen) atoms. The van der Waals surface area contributed by atoms with Gasteiger partial charge in [-0.3, -0.25) is 14.4 Å². The number of halogens is 2. The quantitative estimate of drug-likeness (QED) is 0.238. The van der Waals surface area contributed by atoms with Crippen molar-refractivity contribution in [2.45, 2.75) is 46.0 Å². The number of benzene rings is 3. The molecule has 0 saturated carbocycles. The molecule has 7 nitrogen and oxygen atoms in total. The van der Waals surface area contributed by atoms with E-state index in [1.54, 1.807) is 36.4 Å². The zero-order valence-electron chi connectivity index (χ0n) is 21.5. The normalized spacial score (nSPS) is 10.7. The van der Waals surface area contributed by atoms with E-state index in [1.165, 1.54) is 6.07 Å². The zero-order valence-corrected chi connectivity index (χ0v) is 23.0. The van der Waals surface area contributed by atoms with Crippen LogP contribution in [0.2, 0.25) is 10.0 Å². The lowest BCUT2D eigenvalue weighted by Gasteiger charge is -2.15. The summed E-state index contributed by atoms with van der Waals surface area (Å²) in [4.78, 5) is 36.2. The number of ether oxygens (including phenoxy) is 2. The third kappa shape index (κ3) is 9.08. The molecule has 2 N–H and O–H groups in total. The van der Waals surface area contributed by atoms with E-state index in [4.69, 9.17) is 32.7 Å². The summed E-state index contributed by atoms with van der Waals surface area (Å²) >= 11 is 11.9. The van der Waals surface area contributed by atoms with Crippen LogP contribution in [0.5, 0.6) is 11.5 Å². The summed E-state index contributed by atoms with van der Waals surface area (Å²) in [6.45, 7) is 5.78. The van der Waals surface area contributed by atoms with E-state index in [2.05, 4.69) is 36.6 Å². The summed E-state index contributed by atoms with van der Waals surface area (Å²) in [6.07, 6.45) is 0.401. The zero-order chi connectivity index (χ0) is 27.7. The summed E-state index contributed by atoms with van der Waals surface area (Å²) < 4.78 is 11.0. The van der Waals surface area contributed by atoms with Crippen molar-refractivity contribution in [1.82, 2.24) is 0 Å². The molecule has 0 unspecified atom stereocenters. The highest BCUT2D eigenvalue weighted by Crippen LogP contribution is 2.32. The first-order valence-corrected chi connectivity index (χ1v) is 12.9. The highest BCUT2D eigenvalue weighted by atomic mass is 35.5. The van der Waals surface area contributed by atoms with Gasteiger partial charge >= 0.3 is 5.97 Å². The molecular formula is C29H30Cl2N2O5. The van der Waals surface area contributed by atoms with Gasteiger partial charge in [0.2, 0.25) is 5.91 Å². The lowest BCUT2D eigenvalue weighted by atomic mass is 10.0. The lowest BCUT2D eigenvalue weighted by molar-refractivity contribution is -0.147. The molecule has 3 aromatic carbocycles. The molecular weight excluding hydrogens is 527 g/mol. The molecule has 0 heterocycles. The van der Waals surface area contributed by atoms with E-state index in [1.807, 2.05) is 13.0 Å². The monoisotopic (exact) mass is 556 g/mol. The highest BCUT2D eigenvalue weighted by Gasteiger charge is 2.12. The molecule has 0 aromatic heterocycles. The molecule has 0 aliphatic carbocycles. The van der Waals surface area contributed by atoms with E-state index in [9.17, 15) is 14.4 Å². The Bertz CT molecular complexity index is 1290. The van der Waals surface area contributed by atoms with Gasteiger partial charge < -0.3 is 20.1 Å². The first-order valence-electron chi connectivity index (χ1n) is 12.2. The van der Waals surface area contributed by atoms with Crippen molar-refractivity contribution in [3.63, 3.8) is 0 Å². The van der Waals surface area contributed by atoms with Crippen LogP contribution >= 0.6 is 23.2 Å². The SMILES string of the molecule is Cc1ccc(C(C)C)c(Oc2ccc(NC(=O)CCCC(=O)OCC(=O)Nc3cc(Cl)ccc3Cl)cc2)c1. The molecule has 0 saturated heterocycles. The minimum atomic E-state index is -0.580. The van der Waals surface area contributed by atoms with Crippen LogP contribution in [0.1, 0.15) is 50.2 Å². The fraction of sp³-hybridized carbons (Fsp3) is 0.276. The van der Waals surface area contributed by atoms with Crippen molar-refractivity contribution in [3.05, 3.63) is 81.8 Å². The van der Waals surface area contributed by atoms with Gasteiger partial charge in [0, 0.05) is 23.6 Å². The van der Waals surface area contributed by atoms with Gasteiger partial charge in [-0.2, -0.15) is 0 Å². The number of hydrogen-bond donors (Lipinski definition) is 2. The number of anilines is 2. The molecule has 3 rings (SSSR count). The predicted octanol–water partition coefficient (Wildman–Crippen LogP) is 7.51. The maximum Gasteiger partial charge on any atom is 0.306 e. The number of carbonyl (C=O) groups is 3. The van der Waals surface area contributed by atoms with Crippen molar-refractivity contribution in [2.75, 3.05) is 17.2 Å².